The van der Waals surface area contributed by atoms with E-state index >= 15 is 0 Å². The Kier molecular flexibility index (Phi) is 5.72. The quantitative estimate of drug-likeness (QED) is 0.766. The van der Waals surface area contributed by atoms with Gasteiger partial charge in [0.2, 0.25) is 5.91 Å². The summed E-state index contributed by atoms with van der Waals surface area (Å²) < 4.78 is 1.99. The Morgan fingerprint density at radius 2 is 1.72 bits per heavy atom. The molecule has 1 saturated heterocycles. The lowest BCUT2D eigenvalue weighted by atomic mass is 9.87. The smallest absolute Gasteiger partial charge is 0.222 e. The van der Waals surface area contributed by atoms with Gasteiger partial charge in [-0.05, 0) is 69.9 Å². The molecule has 1 aliphatic heterocycles. The van der Waals surface area contributed by atoms with Gasteiger partial charge >= 0.3 is 0 Å². The van der Waals surface area contributed by atoms with Gasteiger partial charge in [0.25, 0.3) is 0 Å². The molecule has 6 heteroatoms. The molecule has 0 saturated carbocycles. The maximum atomic E-state index is 11.7. The van der Waals surface area contributed by atoms with Crippen LogP contribution in [0.4, 0.5) is 5.69 Å². The number of nitrogens with two attached hydrogens (primary N) is 1. The molecule has 1 aliphatic carbocycles. The summed E-state index contributed by atoms with van der Waals surface area (Å²) in [5.74, 6) is -0.271. The van der Waals surface area contributed by atoms with Gasteiger partial charge in [-0.1, -0.05) is 12.2 Å². The van der Waals surface area contributed by atoms with Crippen molar-refractivity contribution in [2.45, 2.75) is 51.6 Å². The molecule has 4 rings (SSSR count). The Balaban J connectivity index is 1.34. The van der Waals surface area contributed by atoms with Crippen LogP contribution < -0.4 is 16.0 Å². The molecule has 1 aromatic heterocycles. The van der Waals surface area contributed by atoms with Gasteiger partial charge in [-0.3, -0.25) is 4.79 Å². The van der Waals surface area contributed by atoms with Crippen LogP contribution in [0.25, 0.3) is 5.69 Å². The average Bonchev–Trinajstić information content (AvgIpc) is 3.07. The number of hydrogen-bond acceptors (Lipinski definition) is 4. The average molecular weight is 394 g/mol. The van der Waals surface area contributed by atoms with E-state index in [2.05, 4.69) is 64.7 Å². The number of nitrogens with one attached hydrogen (secondary N) is 1. The third kappa shape index (κ3) is 4.37. The van der Waals surface area contributed by atoms with Crippen molar-refractivity contribution in [3.05, 3.63) is 53.9 Å². The van der Waals surface area contributed by atoms with Crippen molar-refractivity contribution < 1.29 is 4.79 Å². The summed E-state index contributed by atoms with van der Waals surface area (Å²) in [7, 11) is 0. The van der Waals surface area contributed by atoms with E-state index in [1.807, 2.05) is 11.6 Å². The first-order valence-corrected chi connectivity index (χ1v) is 10.6. The summed E-state index contributed by atoms with van der Waals surface area (Å²) in [6.07, 6.45) is 8.04. The molecule has 1 aromatic carbocycles. The highest BCUT2D eigenvalue weighted by atomic mass is 16.1. The topological polar surface area (TPSA) is 76.2 Å². The molecule has 1 fully saturated rings. The normalized spacial score (nSPS) is 22.8. The predicted molar refractivity (Wildman–Crippen MR) is 116 cm³/mol. The first-order chi connectivity index (χ1) is 14.0. The Morgan fingerprint density at radius 3 is 2.34 bits per heavy atom. The maximum Gasteiger partial charge on any atom is 0.222 e. The number of aryl methyl sites for hydroxylation is 2. The van der Waals surface area contributed by atoms with Crippen LogP contribution in [0, 0.1) is 19.8 Å². The van der Waals surface area contributed by atoms with Crippen LogP contribution in [0.2, 0.25) is 0 Å². The minimum Gasteiger partial charge on any atom is -0.371 e. The molecule has 29 heavy (non-hydrogen) atoms. The maximum absolute atomic E-state index is 11.7. The highest BCUT2D eigenvalue weighted by Gasteiger charge is 2.30. The molecule has 0 spiro atoms. The Bertz CT molecular complexity index is 877. The van der Waals surface area contributed by atoms with E-state index in [0.717, 1.165) is 55.8 Å². The number of nitrogens with zero attached hydrogens (tertiary/aromatic N) is 3. The van der Waals surface area contributed by atoms with E-state index in [-0.39, 0.29) is 17.9 Å². The minimum atomic E-state index is -0.188. The van der Waals surface area contributed by atoms with E-state index in [4.69, 9.17) is 5.73 Å². The number of anilines is 1. The molecule has 0 unspecified atom stereocenters. The molecule has 0 radical (unpaired) electrons. The molecule has 0 bridgehead atoms. The molecular formula is C23H31N5O. The minimum absolute atomic E-state index is 0.0834. The third-order valence-electron chi connectivity index (χ3n) is 6.21. The number of carbonyl (C=O) groups is 1. The summed E-state index contributed by atoms with van der Waals surface area (Å²) >= 11 is 0. The van der Waals surface area contributed by atoms with E-state index in [9.17, 15) is 4.79 Å². The van der Waals surface area contributed by atoms with Gasteiger partial charge < -0.3 is 16.0 Å². The van der Waals surface area contributed by atoms with Crippen molar-refractivity contribution in [1.29, 1.82) is 0 Å². The van der Waals surface area contributed by atoms with Crippen LogP contribution in [-0.2, 0) is 4.79 Å². The molecular weight excluding hydrogens is 362 g/mol. The number of rotatable bonds is 5. The summed E-state index contributed by atoms with van der Waals surface area (Å²) in [4.78, 5) is 14.2. The van der Waals surface area contributed by atoms with Crippen LogP contribution in [-0.4, -0.2) is 40.9 Å². The number of benzene rings is 1. The molecule has 2 aliphatic rings. The van der Waals surface area contributed by atoms with Gasteiger partial charge in [0.1, 0.15) is 0 Å². The van der Waals surface area contributed by atoms with Gasteiger partial charge in [-0.25, -0.2) is 4.68 Å². The Morgan fingerprint density at radius 1 is 1.07 bits per heavy atom. The SMILES string of the molecule is Cc1cc(C)n(-c2ccc(N3CCC(N[C@H]4CC=CC[C@H]4C(N)=O)CC3)cc2)n1. The van der Waals surface area contributed by atoms with Crippen LogP contribution in [0.15, 0.2) is 42.5 Å². The van der Waals surface area contributed by atoms with Crippen molar-refractivity contribution in [2.75, 3.05) is 18.0 Å². The lowest BCUT2D eigenvalue weighted by molar-refractivity contribution is -0.122. The summed E-state index contributed by atoms with van der Waals surface area (Å²) in [6, 6.07) is 11.4. The summed E-state index contributed by atoms with van der Waals surface area (Å²) in [5, 5.41) is 8.27. The molecule has 2 atom stereocenters. The standard InChI is InChI=1S/C23H31N5O/c1-16-15-17(2)28(26-16)20-9-7-19(8-10-20)27-13-11-18(12-14-27)25-22-6-4-3-5-21(22)23(24)29/h3-4,7-10,15,18,21-22,25H,5-6,11-14H2,1-2H3,(H2,24,29)/t21-,22+/m1/s1. The fraction of sp³-hybridized carbons (Fsp3) is 0.478. The fourth-order valence-electron chi connectivity index (χ4n) is 4.61. The van der Waals surface area contributed by atoms with Gasteiger partial charge in [-0.2, -0.15) is 5.10 Å². The number of carbonyl (C=O) groups excluding carboxylic acids is 1. The Labute approximate surface area is 172 Å². The second kappa shape index (κ2) is 8.41. The van der Waals surface area contributed by atoms with Crippen molar-refractivity contribution in [3.8, 4) is 5.69 Å². The third-order valence-corrected chi connectivity index (χ3v) is 6.21. The van der Waals surface area contributed by atoms with Gasteiger partial charge in [-0.15, -0.1) is 0 Å². The van der Waals surface area contributed by atoms with Crippen LogP contribution in [0.3, 0.4) is 0 Å². The predicted octanol–water partition coefficient (Wildman–Crippen LogP) is 2.87. The van der Waals surface area contributed by atoms with E-state index in [0.29, 0.717) is 6.04 Å². The first kappa shape index (κ1) is 19.7. The molecule has 6 nitrogen and oxygen atoms in total. The highest BCUT2D eigenvalue weighted by molar-refractivity contribution is 5.77. The number of piperidine rings is 1. The lowest BCUT2D eigenvalue weighted by Gasteiger charge is -2.37. The molecule has 2 heterocycles. The van der Waals surface area contributed by atoms with Crippen molar-refractivity contribution in [2.24, 2.45) is 11.7 Å². The number of hydrogen-bond donors (Lipinski definition) is 2. The molecule has 154 valence electrons. The largest absolute Gasteiger partial charge is 0.371 e. The number of amides is 1. The molecule has 3 N–H and O–H groups in total. The lowest BCUT2D eigenvalue weighted by Crippen LogP contribution is -2.51. The van der Waals surface area contributed by atoms with Crippen molar-refractivity contribution >= 4 is 11.6 Å². The van der Waals surface area contributed by atoms with E-state index in [1.165, 1.54) is 5.69 Å². The molecule has 1 amide bonds. The van der Waals surface area contributed by atoms with Gasteiger partial charge in [0.15, 0.2) is 0 Å². The van der Waals surface area contributed by atoms with Crippen LogP contribution in [0.1, 0.15) is 37.1 Å². The summed E-state index contributed by atoms with van der Waals surface area (Å²) in [6.45, 7) is 6.13. The first-order valence-electron chi connectivity index (χ1n) is 10.6. The van der Waals surface area contributed by atoms with Crippen molar-refractivity contribution in [1.82, 2.24) is 15.1 Å². The number of aromatic nitrogens is 2. The van der Waals surface area contributed by atoms with E-state index < -0.39 is 0 Å². The second-order valence-electron chi connectivity index (χ2n) is 8.34. The van der Waals surface area contributed by atoms with Crippen molar-refractivity contribution in [3.63, 3.8) is 0 Å². The summed E-state index contributed by atoms with van der Waals surface area (Å²) in [5.41, 5.74) is 10.1. The van der Waals surface area contributed by atoms with Gasteiger partial charge in [0.05, 0.1) is 17.3 Å². The zero-order valence-corrected chi connectivity index (χ0v) is 17.3. The highest BCUT2D eigenvalue weighted by Crippen LogP contribution is 2.25. The zero-order valence-electron chi connectivity index (χ0n) is 17.3. The Hall–Kier alpha value is -2.60. The molecule has 2 aromatic rings. The van der Waals surface area contributed by atoms with Crippen LogP contribution >= 0.6 is 0 Å². The number of primary amides is 1. The van der Waals surface area contributed by atoms with E-state index in [1.54, 1.807) is 0 Å². The van der Waals surface area contributed by atoms with Crippen LogP contribution in [0.5, 0.6) is 0 Å². The number of allylic oxidation sites excluding steroid dienone is 1. The monoisotopic (exact) mass is 393 g/mol. The fourth-order valence-corrected chi connectivity index (χ4v) is 4.61. The van der Waals surface area contributed by atoms with Gasteiger partial charge in [0, 0.05) is 36.6 Å². The second-order valence-corrected chi connectivity index (χ2v) is 8.34. The zero-order chi connectivity index (χ0) is 20.4.